The molecular weight excluding hydrogens is 428 g/mol. The number of hydrogen-bond acceptors (Lipinski definition) is 5. The largest absolute Gasteiger partial charge is 0.497 e. The minimum atomic E-state index is -1.78. The summed E-state index contributed by atoms with van der Waals surface area (Å²) in [6.07, 6.45) is 24.6. The first-order valence-electron chi connectivity index (χ1n) is 13.1. The van der Waals surface area contributed by atoms with Gasteiger partial charge in [0.2, 0.25) is 17.2 Å². The quantitative estimate of drug-likeness (QED) is 0.113. The first-order chi connectivity index (χ1) is 16.4. The average Bonchev–Trinajstić information content (AvgIpc) is 2.80. The van der Waals surface area contributed by atoms with Crippen molar-refractivity contribution in [2.45, 2.75) is 116 Å². The van der Waals surface area contributed by atoms with Gasteiger partial charge in [-0.3, -0.25) is 14.4 Å². The second kappa shape index (κ2) is 14.7. The summed E-state index contributed by atoms with van der Waals surface area (Å²) in [5, 5.41) is 0. The van der Waals surface area contributed by atoms with Gasteiger partial charge in [-0.1, -0.05) is 63.3 Å². The second-order valence-electron chi connectivity index (χ2n) is 9.53. The van der Waals surface area contributed by atoms with Gasteiger partial charge in [-0.25, -0.2) is 0 Å². The van der Waals surface area contributed by atoms with Crippen LogP contribution >= 0.6 is 0 Å². The zero-order chi connectivity index (χ0) is 24.8. The Morgan fingerprint density at radius 3 is 2.38 bits per heavy atom. The molecule has 1 aliphatic heterocycles. The molecule has 0 bridgehead atoms. The molecular formula is C29H42O5. The van der Waals surface area contributed by atoms with E-state index in [9.17, 15) is 14.4 Å². The molecule has 1 aliphatic carbocycles. The molecule has 0 saturated carbocycles. The van der Waals surface area contributed by atoms with Crippen molar-refractivity contribution in [1.29, 1.82) is 0 Å². The molecule has 2 rings (SSSR count). The average molecular weight is 471 g/mol. The third-order valence-electron chi connectivity index (χ3n) is 6.37. The van der Waals surface area contributed by atoms with Gasteiger partial charge in [0.05, 0.1) is 17.9 Å². The Labute approximate surface area is 205 Å². The number of ether oxygens (including phenoxy) is 2. The second-order valence-corrected chi connectivity index (χ2v) is 9.53. The van der Waals surface area contributed by atoms with E-state index >= 15 is 0 Å². The summed E-state index contributed by atoms with van der Waals surface area (Å²) in [5.74, 6) is -1.46. The maximum Gasteiger partial charge on any atom is 0.307 e. The third-order valence-corrected chi connectivity index (χ3v) is 6.37. The Hall–Kier alpha value is -2.43. The highest BCUT2D eigenvalue weighted by Crippen LogP contribution is 2.34. The van der Waals surface area contributed by atoms with Crippen LogP contribution in [0.15, 0.2) is 47.8 Å². The van der Waals surface area contributed by atoms with Crippen molar-refractivity contribution in [2.24, 2.45) is 0 Å². The Balaban J connectivity index is 1.58. The summed E-state index contributed by atoms with van der Waals surface area (Å²) in [4.78, 5) is 37.8. The Kier molecular flexibility index (Phi) is 12.1. The predicted molar refractivity (Wildman–Crippen MR) is 135 cm³/mol. The lowest BCUT2D eigenvalue weighted by molar-refractivity contribution is -0.169. The smallest absolute Gasteiger partial charge is 0.307 e. The molecule has 0 spiro atoms. The molecule has 0 unspecified atom stereocenters. The molecule has 0 aromatic rings. The molecule has 0 saturated heterocycles. The fraction of sp³-hybridized carbons (Fsp3) is 0.621. The zero-order valence-corrected chi connectivity index (χ0v) is 21.3. The molecule has 0 fully saturated rings. The fourth-order valence-corrected chi connectivity index (χ4v) is 4.18. The van der Waals surface area contributed by atoms with Gasteiger partial charge in [0, 0.05) is 12.8 Å². The number of carbonyl (C=O) groups is 3. The standard InChI is InChI=1S/C29H42O5/c1-4-5-6-7-8-9-10-11-12-13-14-15-16-17-18-19-27(31)34-29(3)26(30)21-24-20-23(2)33-22-25(24)28(29)32/h8-9,11-12,21-23H,4-7,10,13-20H2,1-3H3/b9-8-,12-11-/t23-,29-/m1/s1. The Bertz CT molecular complexity index is 816. The summed E-state index contributed by atoms with van der Waals surface area (Å²) in [7, 11) is 0. The maximum absolute atomic E-state index is 12.9. The number of hydrogen-bond donors (Lipinski definition) is 0. The molecule has 0 N–H and O–H groups in total. The molecule has 0 aromatic carbocycles. The Morgan fingerprint density at radius 1 is 1.03 bits per heavy atom. The highest BCUT2D eigenvalue weighted by Gasteiger charge is 2.49. The van der Waals surface area contributed by atoms with Gasteiger partial charge >= 0.3 is 5.97 Å². The van der Waals surface area contributed by atoms with Crippen LogP contribution in [0.5, 0.6) is 0 Å². The summed E-state index contributed by atoms with van der Waals surface area (Å²) < 4.78 is 10.8. The molecule has 0 radical (unpaired) electrons. The minimum absolute atomic E-state index is 0.0826. The molecule has 2 atom stereocenters. The number of carbonyl (C=O) groups excluding carboxylic acids is 3. The van der Waals surface area contributed by atoms with Crippen molar-refractivity contribution in [3.05, 3.63) is 47.8 Å². The van der Waals surface area contributed by atoms with E-state index in [0.717, 1.165) is 38.5 Å². The van der Waals surface area contributed by atoms with Gasteiger partial charge < -0.3 is 9.47 Å². The first-order valence-corrected chi connectivity index (χ1v) is 13.1. The summed E-state index contributed by atoms with van der Waals surface area (Å²) >= 11 is 0. The summed E-state index contributed by atoms with van der Waals surface area (Å²) in [6.45, 7) is 5.49. The lowest BCUT2D eigenvalue weighted by atomic mass is 9.79. The third kappa shape index (κ3) is 8.73. The number of ketones is 2. The molecule has 34 heavy (non-hydrogen) atoms. The highest BCUT2D eigenvalue weighted by molar-refractivity contribution is 6.26. The number of allylic oxidation sites excluding steroid dienone is 4. The van der Waals surface area contributed by atoms with E-state index in [0.29, 0.717) is 24.0 Å². The van der Waals surface area contributed by atoms with Crippen molar-refractivity contribution >= 4 is 17.5 Å². The number of Topliss-reactive ketones (excluding diaryl/α,β-unsaturated/α-hetero) is 1. The van der Waals surface area contributed by atoms with Crippen LogP contribution in [0.1, 0.15) is 104 Å². The van der Waals surface area contributed by atoms with Crippen molar-refractivity contribution < 1.29 is 23.9 Å². The van der Waals surface area contributed by atoms with Crippen molar-refractivity contribution in [3.63, 3.8) is 0 Å². The van der Waals surface area contributed by atoms with Crippen LogP contribution in [-0.4, -0.2) is 29.2 Å². The van der Waals surface area contributed by atoms with Crippen LogP contribution in [0, 0.1) is 0 Å². The molecule has 5 heteroatoms. The topological polar surface area (TPSA) is 69.7 Å². The molecule has 0 amide bonds. The van der Waals surface area contributed by atoms with E-state index in [4.69, 9.17) is 9.47 Å². The van der Waals surface area contributed by atoms with E-state index in [2.05, 4.69) is 31.2 Å². The lowest BCUT2D eigenvalue weighted by Gasteiger charge is -2.33. The van der Waals surface area contributed by atoms with Gasteiger partial charge in [-0.05, 0) is 64.0 Å². The fourth-order valence-electron chi connectivity index (χ4n) is 4.18. The maximum atomic E-state index is 12.9. The molecule has 0 aromatic heterocycles. The monoisotopic (exact) mass is 470 g/mol. The summed E-state index contributed by atoms with van der Waals surface area (Å²) in [5.41, 5.74) is -0.783. The van der Waals surface area contributed by atoms with Gasteiger partial charge in [0.15, 0.2) is 0 Å². The zero-order valence-electron chi connectivity index (χ0n) is 21.3. The number of unbranched alkanes of at least 4 members (excludes halogenated alkanes) is 8. The van der Waals surface area contributed by atoms with E-state index in [-0.39, 0.29) is 12.5 Å². The van der Waals surface area contributed by atoms with Crippen LogP contribution in [-0.2, 0) is 23.9 Å². The predicted octanol–water partition coefficient (Wildman–Crippen LogP) is 6.87. The van der Waals surface area contributed by atoms with Crippen LogP contribution in [0.2, 0.25) is 0 Å². The van der Waals surface area contributed by atoms with E-state index in [1.807, 2.05) is 6.92 Å². The van der Waals surface area contributed by atoms with E-state index in [1.165, 1.54) is 44.9 Å². The number of esters is 1. The van der Waals surface area contributed by atoms with Crippen molar-refractivity contribution in [3.8, 4) is 0 Å². The van der Waals surface area contributed by atoms with Gasteiger partial charge in [-0.15, -0.1) is 0 Å². The summed E-state index contributed by atoms with van der Waals surface area (Å²) in [6, 6.07) is 0. The van der Waals surface area contributed by atoms with Crippen molar-refractivity contribution in [1.82, 2.24) is 0 Å². The molecule has 2 aliphatic rings. The lowest BCUT2D eigenvalue weighted by Crippen LogP contribution is -2.51. The Morgan fingerprint density at radius 2 is 1.68 bits per heavy atom. The van der Waals surface area contributed by atoms with Crippen LogP contribution in [0.4, 0.5) is 0 Å². The normalized spacial score (nSPS) is 22.5. The van der Waals surface area contributed by atoms with E-state index in [1.54, 1.807) is 0 Å². The number of fused-ring (bicyclic) bond motifs is 1. The SMILES string of the molecule is CCCCC/C=C\C/C=C\CCCCCCCC(=O)O[C@]1(C)C(=O)C=C2C[C@@H](C)OC=C2C1=O. The van der Waals surface area contributed by atoms with Gasteiger partial charge in [-0.2, -0.15) is 0 Å². The van der Waals surface area contributed by atoms with E-state index < -0.39 is 23.1 Å². The number of rotatable bonds is 15. The molecule has 188 valence electrons. The highest BCUT2D eigenvalue weighted by atomic mass is 16.6. The van der Waals surface area contributed by atoms with Gasteiger partial charge in [0.1, 0.15) is 0 Å². The van der Waals surface area contributed by atoms with Gasteiger partial charge in [0.25, 0.3) is 0 Å². The first kappa shape index (κ1) is 27.8. The molecule has 5 nitrogen and oxygen atoms in total. The van der Waals surface area contributed by atoms with Crippen molar-refractivity contribution in [2.75, 3.05) is 0 Å². The molecule has 1 heterocycles. The minimum Gasteiger partial charge on any atom is -0.497 e. The van der Waals surface area contributed by atoms with Crippen LogP contribution in [0.25, 0.3) is 0 Å². The van der Waals surface area contributed by atoms with Crippen LogP contribution in [0.3, 0.4) is 0 Å². The van der Waals surface area contributed by atoms with Crippen LogP contribution < -0.4 is 0 Å².